The minimum absolute atomic E-state index is 0.288. The highest BCUT2D eigenvalue weighted by Gasteiger charge is 2.08. The quantitative estimate of drug-likeness (QED) is 0.707. The van der Waals surface area contributed by atoms with Crippen molar-refractivity contribution in [2.24, 2.45) is 0 Å². The fraction of sp³-hybridized carbons (Fsp3) is 0.692. The summed E-state index contributed by atoms with van der Waals surface area (Å²) in [6, 6.07) is 0.288. The van der Waals surface area contributed by atoms with E-state index in [9.17, 15) is 0 Å². The van der Waals surface area contributed by atoms with Crippen LogP contribution in [0, 0.1) is 0 Å². The van der Waals surface area contributed by atoms with Gasteiger partial charge in [0.2, 0.25) is 0 Å². The summed E-state index contributed by atoms with van der Waals surface area (Å²) < 4.78 is 5.20. The second kappa shape index (κ2) is 8.69. The predicted molar refractivity (Wildman–Crippen MR) is 75.0 cm³/mol. The van der Waals surface area contributed by atoms with Crippen LogP contribution in [0.25, 0.3) is 0 Å². The lowest BCUT2D eigenvalue weighted by Crippen LogP contribution is -2.25. The Morgan fingerprint density at radius 1 is 1.22 bits per heavy atom. The zero-order chi connectivity index (χ0) is 13.2. The number of nitrogens with zero attached hydrogens (tertiary/aromatic N) is 2. The van der Waals surface area contributed by atoms with E-state index in [-0.39, 0.29) is 6.04 Å². The molecule has 0 saturated heterocycles. The third kappa shape index (κ3) is 5.31. The molecule has 1 rings (SSSR count). The Balaban J connectivity index is 2.58. The van der Waals surface area contributed by atoms with Gasteiger partial charge in [0.25, 0.3) is 0 Å². The topological polar surface area (TPSA) is 59.1 Å². The van der Waals surface area contributed by atoms with E-state index < -0.39 is 0 Å². The summed E-state index contributed by atoms with van der Waals surface area (Å²) in [5.74, 6) is 1.61. The van der Waals surface area contributed by atoms with Gasteiger partial charge in [-0.3, -0.25) is 4.98 Å². The molecule has 1 unspecified atom stereocenters. The molecule has 0 bridgehead atoms. The smallest absolute Gasteiger partial charge is 0.147 e. The molecule has 1 aromatic heterocycles. The van der Waals surface area contributed by atoms with Gasteiger partial charge in [-0.1, -0.05) is 20.3 Å². The molecule has 18 heavy (non-hydrogen) atoms. The summed E-state index contributed by atoms with van der Waals surface area (Å²) in [5.41, 5.74) is 0. The third-order valence-electron chi connectivity index (χ3n) is 2.55. The van der Waals surface area contributed by atoms with Crippen molar-refractivity contribution in [1.82, 2.24) is 9.97 Å². The molecule has 0 radical (unpaired) electrons. The lowest BCUT2D eigenvalue weighted by Gasteiger charge is -2.17. The van der Waals surface area contributed by atoms with Gasteiger partial charge in [-0.2, -0.15) is 0 Å². The largest absolute Gasteiger partial charge is 0.383 e. The Bertz CT molecular complexity index is 327. The molecule has 0 aromatic carbocycles. The van der Waals surface area contributed by atoms with Crippen LogP contribution >= 0.6 is 0 Å². The van der Waals surface area contributed by atoms with Crippen molar-refractivity contribution < 1.29 is 4.74 Å². The van der Waals surface area contributed by atoms with Crippen molar-refractivity contribution in [1.29, 1.82) is 0 Å². The maximum atomic E-state index is 5.20. The van der Waals surface area contributed by atoms with Crippen molar-refractivity contribution in [3.8, 4) is 0 Å². The van der Waals surface area contributed by atoms with Crippen LogP contribution in [0.5, 0.6) is 0 Å². The highest BCUT2D eigenvalue weighted by atomic mass is 16.5. The summed E-state index contributed by atoms with van der Waals surface area (Å²) in [6.07, 6.45) is 6.73. The zero-order valence-electron chi connectivity index (χ0n) is 11.6. The van der Waals surface area contributed by atoms with Gasteiger partial charge < -0.3 is 15.4 Å². The Labute approximate surface area is 109 Å². The molecule has 0 aliphatic rings. The van der Waals surface area contributed by atoms with Gasteiger partial charge in [0.15, 0.2) is 0 Å². The molecule has 1 atom stereocenters. The van der Waals surface area contributed by atoms with E-state index in [4.69, 9.17) is 4.74 Å². The number of hydrogen-bond acceptors (Lipinski definition) is 5. The SMILES string of the molecule is CCCNc1cncc(NC(CCC)COC)n1. The van der Waals surface area contributed by atoms with Gasteiger partial charge in [0.05, 0.1) is 25.0 Å². The normalized spacial score (nSPS) is 12.2. The first-order chi connectivity index (χ1) is 8.80. The van der Waals surface area contributed by atoms with Crippen molar-refractivity contribution in [3.05, 3.63) is 12.4 Å². The summed E-state index contributed by atoms with van der Waals surface area (Å²) in [6.45, 7) is 5.88. The van der Waals surface area contributed by atoms with Gasteiger partial charge >= 0.3 is 0 Å². The van der Waals surface area contributed by atoms with Crippen LogP contribution in [0.2, 0.25) is 0 Å². The summed E-state index contributed by atoms with van der Waals surface area (Å²) in [4.78, 5) is 8.66. The highest BCUT2D eigenvalue weighted by molar-refractivity contribution is 5.42. The molecule has 5 heteroatoms. The Morgan fingerprint density at radius 3 is 2.67 bits per heavy atom. The first kappa shape index (κ1) is 14.7. The van der Waals surface area contributed by atoms with Gasteiger partial charge in [-0.05, 0) is 12.8 Å². The first-order valence-electron chi connectivity index (χ1n) is 6.61. The van der Waals surface area contributed by atoms with Crippen LogP contribution in [-0.2, 0) is 4.74 Å². The van der Waals surface area contributed by atoms with Gasteiger partial charge in [0.1, 0.15) is 11.6 Å². The third-order valence-corrected chi connectivity index (χ3v) is 2.55. The van der Waals surface area contributed by atoms with Crippen LogP contribution in [0.15, 0.2) is 12.4 Å². The van der Waals surface area contributed by atoms with E-state index in [1.165, 1.54) is 0 Å². The average molecular weight is 252 g/mol. The fourth-order valence-electron chi connectivity index (χ4n) is 1.73. The number of methoxy groups -OCH3 is 1. The van der Waals surface area contributed by atoms with E-state index in [0.29, 0.717) is 6.61 Å². The molecular formula is C13H24N4O. The average Bonchev–Trinajstić information content (AvgIpc) is 2.37. The van der Waals surface area contributed by atoms with Crippen molar-refractivity contribution in [2.45, 2.75) is 39.2 Å². The first-order valence-corrected chi connectivity index (χ1v) is 6.61. The molecule has 0 amide bonds. The predicted octanol–water partition coefficient (Wildman–Crippen LogP) is 2.53. The summed E-state index contributed by atoms with van der Waals surface area (Å²) in [5, 5.41) is 6.59. The van der Waals surface area contributed by atoms with E-state index >= 15 is 0 Å². The minimum atomic E-state index is 0.288. The number of anilines is 2. The molecule has 2 N–H and O–H groups in total. The molecule has 0 aliphatic carbocycles. The molecule has 102 valence electrons. The van der Waals surface area contributed by atoms with E-state index in [1.54, 1.807) is 19.5 Å². The maximum absolute atomic E-state index is 5.20. The van der Waals surface area contributed by atoms with Crippen LogP contribution in [0.4, 0.5) is 11.6 Å². The standard InChI is InChI=1S/C13H24N4O/c1-4-6-11(10-18-3)16-13-9-14-8-12(17-13)15-7-5-2/h8-9,11H,4-7,10H2,1-3H3,(H2,15,16,17). The molecule has 0 spiro atoms. The van der Waals surface area contributed by atoms with Gasteiger partial charge in [-0.25, -0.2) is 4.98 Å². The second-order valence-corrected chi connectivity index (χ2v) is 4.30. The number of hydrogen-bond donors (Lipinski definition) is 2. The van der Waals surface area contributed by atoms with Crippen molar-refractivity contribution in [3.63, 3.8) is 0 Å². The van der Waals surface area contributed by atoms with Crippen molar-refractivity contribution >= 4 is 11.6 Å². The summed E-state index contributed by atoms with van der Waals surface area (Å²) >= 11 is 0. The highest BCUT2D eigenvalue weighted by Crippen LogP contribution is 2.10. The second-order valence-electron chi connectivity index (χ2n) is 4.30. The molecule has 5 nitrogen and oxygen atoms in total. The fourth-order valence-corrected chi connectivity index (χ4v) is 1.73. The van der Waals surface area contributed by atoms with Crippen LogP contribution < -0.4 is 10.6 Å². The molecule has 0 fully saturated rings. The number of nitrogens with one attached hydrogen (secondary N) is 2. The van der Waals surface area contributed by atoms with E-state index in [2.05, 4.69) is 34.4 Å². The number of rotatable bonds is 9. The molecule has 0 saturated carbocycles. The van der Waals surface area contributed by atoms with Crippen LogP contribution in [0.3, 0.4) is 0 Å². The monoisotopic (exact) mass is 252 g/mol. The van der Waals surface area contributed by atoms with E-state index in [0.717, 1.165) is 37.4 Å². The minimum Gasteiger partial charge on any atom is -0.383 e. The summed E-state index contributed by atoms with van der Waals surface area (Å²) in [7, 11) is 1.72. The van der Waals surface area contributed by atoms with E-state index in [1.807, 2.05) is 0 Å². The zero-order valence-corrected chi connectivity index (χ0v) is 11.6. The lowest BCUT2D eigenvalue weighted by atomic mass is 10.2. The Hall–Kier alpha value is -1.36. The van der Waals surface area contributed by atoms with Gasteiger partial charge in [-0.15, -0.1) is 0 Å². The Kier molecular flexibility index (Phi) is 7.10. The number of ether oxygens (including phenoxy) is 1. The lowest BCUT2D eigenvalue weighted by molar-refractivity contribution is 0.182. The maximum Gasteiger partial charge on any atom is 0.147 e. The Morgan fingerprint density at radius 2 is 2.00 bits per heavy atom. The molecule has 1 aromatic rings. The molecule has 1 heterocycles. The molecule has 0 aliphatic heterocycles. The van der Waals surface area contributed by atoms with Crippen LogP contribution in [-0.4, -0.2) is 36.3 Å². The molecular weight excluding hydrogens is 228 g/mol. The number of aromatic nitrogens is 2. The van der Waals surface area contributed by atoms with Crippen LogP contribution in [0.1, 0.15) is 33.1 Å². The van der Waals surface area contributed by atoms with Crippen molar-refractivity contribution in [2.75, 3.05) is 30.9 Å². The van der Waals surface area contributed by atoms with Gasteiger partial charge in [0, 0.05) is 13.7 Å².